The molecule has 0 aliphatic carbocycles. The van der Waals surface area contributed by atoms with Gasteiger partial charge in [0.15, 0.2) is 0 Å². The number of nitrogens with one attached hydrogen (secondary N) is 1. The third-order valence-electron chi connectivity index (χ3n) is 5.49. The number of rotatable bonds is 11. The van der Waals surface area contributed by atoms with E-state index in [4.69, 9.17) is 9.57 Å². The highest BCUT2D eigenvalue weighted by atomic mass is 32.1. The van der Waals surface area contributed by atoms with Gasteiger partial charge in [-0.3, -0.25) is 4.79 Å². The molecule has 178 valence electrons. The number of amides is 1. The maximum absolute atomic E-state index is 13.4. The van der Waals surface area contributed by atoms with Crippen molar-refractivity contribution in [2.24, 2.45) is 11.1 Å². The second-order valence-electron chi connectivity index (χ2n) is 8.94. The van der Waals surface area contributed by atoms with Crippen molar-refractivity contribution in [3.05, 3.63) is 51.5 Å². The molecule has 2 unspecified atom stereocenters. The van der Waals surface area contributed by atoms with Crippen molar-refractivity contribution in [2.45, 2.75) is 65.1 Å². The zero-order chi connectivity index (χ0) is 24.0. The van der Waals surface area contributed by atoms with Crippen molar-refractivity contribution in [2.75, 3.05) is 6.61 Å². The summed E-state index contributed by atoms with van der Waals surface area (Å²) in [5.41, 5.74) is 1.23. The van der Waals surface area contributed by atoms with Gasteiger partial charge in [0.2, 0.25) is 5.60 Å². The minimum absolute atomic E-state index is 0.172. The minimum atomic E-state index is -1.67. The number of nitrogens with zero attached hydrogens (tertiary/aromatic N) is 2. The monoisotopic (exact) mass is 473 g/mol. The molecule has 1 aromatic carbocycles. The van der Waals surface area contributed by atoms with Gasteiger partial charge in [0, 0.05) is 12.8 Å². The number of ether oxygens (including phenoxy) is 1. The maximum Gasteiger partial charge on any atom is 0.475 e. The summed E-state index contributed by atoms with van der Waals surface area (Å²) in [6, 6.07) is 9.56. The fraction of sp³-hybridized carbons (Fsp3) is 0.522. The Balaban J connectivity index is 1.69. The summed E-state index contributed by atoms with van der Waals surface area (Å²) in [6.45, 7) is 8.48. The molecule has 10 heteroatoms. The van der Waals surface area contributed by atoms with Gasteiger partial charge >= 0.3 is 7.12 Å². The summed E-state index contributed by atoms with van der Waals surface area (Å²) < 4.78 is 5.84. The van der Waals surface area contributed by atoms with Crippen LogP contribution in [0, 0.1) is 19.8 Å². The molecule has 1 aliphatic rings. The third kappa shape index (κ3) is 6.86. The van der Waals surface area contributed by atoms with Crippen molar-refractivity contribution >= 4 is 30.1 Å². The van der Waals surface area contributed by atoms with Crippen LogP contribution in [0.25, 0.3) is 0 Å². The Morgan fingerprint density at radius 2 is 2.00 bits per heavy atom. The van der Waals surface area contributed by atoms with E-state index in [9.17, 15) is 14.8 Å². The number of thiazole rings is 1. The van der Waals surface area contributed by atoms with Gasteiger partial charge in [-0.05, 0) is 31.7 Å². The first-order valence-corrected chi connectivity index (χ1v) is 12.0. The summed E-state index contributed by atoms with van der Waals surface area (Å²) in [5.74, 6) is -1.05. The predicted octanol–water partition coefficient (Wildman–Crippen LogP) is 2.58. The number of aryl methyl sites for hydroxylation is 2. The van der Waals surface area contributed by atoms with E-state index < -0.39 is 24.6 Å². The molecule has 1 amide bonds. The largest absolute Gasteiger partial charge is 0.475 e. The van der Waals surface area contributed by atoms with E-state index in [0.717, 1.165) is 21.1 Å². The molecule has 0 fully saturated rings. The van der Waals surface area contributed by atoms with Crippen molar-refractivity contribution in [3.8, 4) is 0 Å². The van der Waals surface area contributed by atoms with E-state index in [1.165, 1.54) is 0 Å². The SMILES string of the molecule is Cc1nc(C)c(COCC2=NOC(Cc3ccccc3)(C(=O)NC(CC(C)C)B(O)O)C2)s1. The predicted molar refractivity (Wildman–Crippen MR) is 129 cm³/mol. The highest BCUT2D eigenvalue weighted by Gasteiger charge is 2.48. The standard InChI is InChI=1S/C23H32BN3O5S/c1-15(2)10-21(24(29)30)26-22(28)23(11-18-8-6-5-7-9-18)12-19(27-32-23)13-31-14-20-16(3)25-17(4)33-20/h5-9,15,21,29-30H,10-14H2,1-4H3,(H,26,28). The number of hydrogen-bond acceptors (Lipinski definition) is 8. The number of aromatic nitrogens is 1. The van der Waals surface area contributed by atoms with Gasteiger partial charge in [0.05, 0.1) is 40.4 Å². The van der Waals surface area contributed by atoms with Crippen LogP contribution >= 0.6 is 11.3 Å². The zero-order valence-electron chi connectivity index (χ0n) is 19.6. The van der Waals surface area contributed by atoms with Crippen LogP contribution in [0.15, 0.2) is 35.5 Å². The topological polar surface area (TPSA) is 113 Å². The van der Waals surface area contributed by atoms with Gasteiger partial charge in [-0.2, -0.15) is 0 Å². The summed E-state index contributed by atoms with van der Waals surface area (Å²) in [6.07, 6.45) is 0.982. The van der Waals surface area contributed by atoms with Crippen molar-refractivity contribution in [1.82, 2.24) is 10.3 Å². The number of oxime groups is 1. The lowest BCUT2D eigenvalue weighted by molar-refractivity contribution is -0.144. The third-order valence-corrected chi connectivity index (χ3v) is 6.53. The van der Waals surface area contributed by atoms with E-state index >= 15 is 0 Å². The molecule has 33 heavy (non-hydrogen) atoms. The average molecular weight is 473 g/mol. The van der Waals surface area contributed by atoms with Gasteiger partial charge in [-0.15, -0.1) is 11.3 Å². The molecule has 3 N–H and O–H groups in total. The highest BCUT2D eigenvalue weighted by molar-refractivity contribution is 7.11. The van der Waals surface area contributed by atoms with E-state index in [1.807, 2.05) is 58.0 Å². The molecule has 0 spiro atoms. The molecule has 0 bridgehead atoms. The smallest absolute Gasteiger partial charge is 0.426 e. The minimum Gasteiger partial charge on any atom is -0.426 e. The van der Waals surface area contributed by atoms with Crippen molar-refractivity contribution in [1.29, 1.82) is 0 Å². The molecule has 8 nitrogen and oxygen atoms in total. The van der Waals surface area contributed by atoms with Crippen LogP contribution in [-0.4, -0.2) is 51.9 Å². The number of hydrogen-bond donors (Lipinski definition) is 3. The molecule has 0 radical (unpaired) electrons. The van der Waals surface area contributed by atoms with Crippen LogP contribution in [0.4, 0.5) is 0 Å². The average Bonchev–Trinajstić information content (AvgIpc) is 3.31. The normalized spacial score (nSPS) is 18.7. The van der Waals surface area contributed by atoms with Crippen molar-refractivity contribution in [3.63, 3.8) is 0 Å². The van der Waals surface area contributed by atoms with Gasteiger partial charge < -0.3 is 24.9 Å². The van der Waals surface area contributed by atoms with Gasteiger partial charge in [0.25, 0.3) is 5.91 Å². The molecule has 1 aromatic heterocycles. The quantitative estimate of drug-likeness (QED) is 0.433. The summed E-state index contributed by atoms with van der Waals surface area (Å²) in [5, 5.41) is 27.5. The fourth-order valence-electron chi connectivity index (χ4n) is 3.88. The number of carbonyl (C=O) groups is 1. The van der Waals surface area contributed by atoms with Crippen LogP contribution in [-0.2, 0) is 27.4 Å². The second-order valence-corrected chi connectivity index (χ2v) is 10.2. The first-order valence-electron chi connectivity index (χ1n) is 11.1. The lowest BCUT2D eigenvalue weighted by Gasteiger charge is -2.29. The van der Waals surface area contributed by atoms with Crippen molar-refractivity contribution < 1.29 is 24.4 Å². The van der Waals surface area contributed by atoms with E-state index in [2.05, 4.69) is 15.5 Å². The molecular weight excluding hydrogens is 441 g/mol. The Morgan fingerprint density at radius 1 is 1.27 bits per heavy atom. The van der Waals surface area contributed by atoms with Gasteiger partial charge in [-0.1, -0.05) is 49.3 Å². The molecule has 1 aliphatic heterocycles. The molecule has 3 rings (SSSR count). The maximum atomic E-state index is 13.4. The Bertz CT molecular complexity index is 966. The zero-order valence-corrected chi connectivity index (χ0v) is 20.4. The number of benzene rings is 1. The lowest BCUT2D eigenvalue weighted by atomic mass is 9.74. The van der Waals surface area contributed by atoms with Crippen LogP contribution < -0.4 is 5.32 Å². The fourth-order valence-corrected chi connectivity index (χ4v) is 4.75. The Kier molecular flexibility index (Phi) is 8.64. The Hall–Kier alpha value is -2.27. The van der Waals surface area contributed by atoms with Gasteiger partial charge in [0.1, 0.15) is 0 Å². The molecule has 0 saturated heterocycles. The van der Waals surface area contributed by atoms with E-state index in [0.29, 0.717) is 25.2 Å². The van der Waals surface area contributed by atoms with Gasteiger partial charge in [-0.25, -0.2) is 4.98 Å². The lowest BCUT2D eigenvalue weighted by Crippen LogP contribution is -2.56. The summed E-state index contributed by atoms with van der Waals surface area (Å²) in [4.78, 5) is 24.6. The van der Waals surface area contributed by atoms with Crippen LogP contribution in [0.1, 0.15) is 47.8 Å². The van der Waals surface area contributed by atoms with E-state index in [-0.39, 0.29) is 18.9 Å². The molecule has 2 atom stereocenters. The Morgan fingerprint density at radius 3 is 2.61 bits per heavy atom. The molecular formula is C23H32BN3O5S. The highest BCUT2D eigenvalue weighted by Crippen LogP contribution is 2.30. The molecule has 2 aromatic rings. The van der Waals surface area contributed by atoms with Crippen LogP contribution in [0.2, 0.25) is 0 Å². The second kappa shape index (κ2) is 11.2. The molecule has 0 saturated carbocycles. The molecule has 2 heterocycles. The first kappa shape index (κ1) is 25.4. The summed E-state index contributed by atoms with van der Waals surface area (Å²) in [7, 11) is -1.67. The first-order chi connectivity index (χ1) is 15.7. The van der Waals surface area contributed by atoms with E-state index in [1.54, 1.807) is 11.3 Å². The van der Waals surface area contributed by atoms with Crippen LogP contribution in [0.5, 0.6) is 0 Å². The van der Waals surface area contributed by atoms with Crippen LogP contribution in [0.3, 0.4) is 0 Å². The Labute approximate surface area is 199 Å². The number of carbonyl (C=O) groups excluding carboxylic acids is 1. The summed E-state index contributed by atoms with van der Waals surface area (Å²) >= 11 is 1.60.